The van der Waals surface area contributed by atoms with Crippen molar-refractivity contribution in [3.05, 3.63) is 82.7 Å². The molecule has 1 aromatic heterocycles. The van der Waals surface area contributed by atoms with Crippen molar-refractivity contribution < 1.29 is 36.0 Å². The van der Waals surface area contributed by atoms with Gasteiger partial charge in [0.15, 0.2) is 11.6 Å². The number of hydrogen-bond acceptors (Lipinski definition) is 4. The molecule has 0 atom stereocenters. The molecule has 1 saturated heterocycles. The second-order valence-corrected chi connectivity index (χ2v) is 7.49. The molecule has 1 aliphatic rings. The van der Waals surface area contributed by atoms with Gasteiger partial charge in [-0.2, -0.15) is 13.2 Å². The van der Waals surface area contributed by atoms with Crippen LogP contribution in [-0.2, 0) is 19.3 Å². The number of carbonyl (C=O) groups is 2. The zero-order valence-corrected chi connectivity index (χ0v) is 17.4. The van der Waals surface area contributed by atoms with E-state index in [0.717, 1.165) is 30.5 Å². The van der Waals surface area contributed by atoms with Crippen LogP contribution in [0.3, 0.4) is 0 Å². The van der Waals surface area contributed by atoms with E-state index in [4.69, 9.17) is 4.42 Å². The molecule has 1 fully saturated rings. The van der Waals surface area contributed by atoms with Crippen molar-refractivity contribution in [2.24, 2.45) is 0 Å². The van der Waals surface area contributed by atoms with Gasteiger partial charge in [-0.25, -0.2) is 23.5 Å². The molecule has 3 aromatic rings. The Hall–Kier alpha value is -3.96. The highest BCUT2D eigenvalue weighted by Crippen LogP contribution is 2.30. The van der Waals surface area contributed by atoms with Crippen LogP contribution in [0.15, 0.2) is 53.1 Å². The number of aromatic nitrogens is 1. The number of urea groups is 1. The standard InChI is InChI=1S/C22H17F5N4O3/c23-16-5-4-13(9-17(16)24)10-28-19(32)18-11-29-20(34-18)31-7-6-30(21(31)33)12-14-2-1-3-15(8-14)22(25,26)27/h1-5,8-9,11H,6-7,10,12H2,(H,28,32). The van der Waals surface area contributed by atoms with Crippen LogP contribution in [0, 0.1) is 11.6 Å². The highest BCUT2D eigenvalue weighted by molar-refractivity contribution is 5.94. The first kappa shape index (κ1) is 23.2. The summed E-state index contributed by atoms with van der Waals surface area (Å²) in [4.78, 5) is 31.4. The van der Waals surface area contributed by atoms with E-state index in [1.54, 1.807) is 0 Å². The number of hydrogen-bond donors (Lipinski definition) is 1. The molecule has 0 bridgehead atoms. The fourth-order valence-electron chi connectivity index (χ4n) is 3.39. The maximum atomic E-state index is 13.3. The van der Waals surface area contributed by atoms with Crippen LogP contribution in [0.2, 0.25) is 0 Å². The quantitative estimate of drug-likeness (QED) is 0.533. The van der Waals surface area contributed by atoms with Gasteiger partial charge in [0, 0.05) is 26.2 Å². The number of anilines is 1. The summed E-state index contributed by atoms with van der Waals surface area (Å²) in [6, 6.07) is 7.22. The summed E-state index contributed by atoms with van der Waals surface area (Å²) in [5.41, 5.74) is -0.165. The molecule has 2 aromatic carbocycles. The summed E-state index contributed by atoms with van der Waals surface area (Å²) >= 11 is 0. The first-order chi connectivity index (χ1) is 16.1. The Morgan fingerprint density at radius 3 is 2.59 bits per heavy atom. The molecule has 1 aliphatic heterocycles. The fraction of sp³-hybridized carbons (Fsp3) is 0.227. The van der Waals surface area contributed by atoms with Crippen molar-refractivity contribution in [3.63, 3.8) is 0 Å². The Bertz CT molecular complexity index is 1230. The van der Waals surface area contributed by atoms with Crippen molar-refractivity contribution in [2.45, 2.75) is 19.3 Å². The van der Waals surface area contributed by atoms with Gasteiger partial charge in [-0.05, 0) is 35.4 Å². The Kier molecular flexibility index (Phi) is 6.22. The van der Waals surface area contributed by atoms with E-state index >= 15 is 0 Å². The van der Waals surface area contributed by atoms with Gasteiger partial charge in [-0.15, -0.1) is 0 Å². The molecule has 3 amide bonds. The molecule has 1 N–H and O–H groups in total. The van der Waals surface area contributed by atoms with Gasteiger partial charge < -0.3 is 14.6 Å². The molecule has 34 heavy (non-hydrogen) atoms. The minimum atomic E-state index is -4.49. The van der Waals surface area contributed by atoms with Crippen LogP contribution in [0.4, 0.5) is 32.8 Å². The predicted octanol–water partition coefficient (Wildman–Crippen LogP) is 4.34. The van der Waals surface area contributed by atoms with E-state index in [1.807, 2.05) is 0 Å². The number of carbonyl (C=O) groups excluding carboxylic acids is 2. The summed E-state index contributed by atoms with van der Waals surface area (Å²) < 4.78 is 70.4. The fourth-order valence-corrected chi connectivity index (χ4v) is 3.39. The Morgan fingerprint density at radius 1 is 1.06 bits per heavy atom. The van der Waals surface area contributed by atoms with Crippen LogP contribution in [0.5, 0.6) is 0 Å². The summed E-state index contributed by atoms with van der Waals surface area (Å²) in [7, 11) is 0. The van der Waals surface area contributed by atoms with Gasteiger partial charge in [0.25, 0.3) is 5.91 Å². The number of benzene rings is 2. The van der Waals surface area contributed by atoms with Gasteiger partial charge in [0.05, 0.1) is 11.8 Å². The first-order valence-electron chi connectivity index (χ1n) is 10.0. The van der Waals surface area contributed by atoms with E-state index in [0.29, 0.717) is 11.1 Å². The lowest BCUT2D eigenvalue weighted by Gasteiger charge is -2.17. The smallest absolute Gasteiger partial charge is 0.416 e. The normalized spacial score (nSPS) is 14.1. The van der Waals surface area contributed by atoms with Crippen molar-refractivity contribution in [3.8, 4) is 0 Å². The van der Waals surface area contributed by atoms with Crippen molar-refractivity contribution in [1.82, 2.24) is 15.2 Å². The lowest BCUT2D eigenvalue weighted by atomic mass is 10.1. The van der Waals surface area contributed by atoms with E-state index in [2.05, 4.69) is 10.3 Å². The predicted molar refractivity (Wildman–Crippen MR) is 109 cm³/mol. The Balaban J connectivity index is 1.37. The Morgan fingerprint density at radius 2 is 1.85 bits per heavy atom. The van der Waals surface area contributed by atoms with Crippen LogP contribution in [-0.4, -0.2) is 34.9 Å². The van der Waals surface area contributed by atoms with E-state index in [-0.39, 0.29) is 38.0 Å². The lowest BCUT2D eigenvalue weighted by molar-refractivity contribution is -0.137. The molecule has 7 nitrogen and oxygen atoms in total. The van der Waals surface area contributed by atoms with E-state index in [1.165, 1.54) is 28.0 Å². The van der Waals surface area contributed by atoms with Crippen LogP contribution >= 0.6 is 0 Å². The number of alkyl halides is 3. The third kappa shape index (κ3) is 5.00. The average molecular weight is 480 g/mol. The monoisotopic (exact) mass is 480 g/mol. The van der Waals surface area contributed by atoms with Gasteiger partial charge in [-0.1, -0.05) is 18.2 Å². The summed E-state index contributed by atoms with van der Waals surface area (Å²) in [6.07, 6.45) is -3.38. The molecule has 12 heteroatoms. The molecule has 4 rings (SSSR count). The molecular formula is C22H17F5N4O3. The minimum absolute atomic E-state index is 0.0401. The van der Waals surface area contributed by atoms with Gasteiger partial charge in [0.2, 0.25) is 5.76 Å². The summed E-state index contributed by atoms with van der Waals surface area (Å²) in [5.74, 6) is -2.94. The number of oxazole rings is 1. The molecular weight excluding hydrogens is 463 g/mol. The van der Waals surface area contributed by atoms with Crippen molar-refractivity contribution in [2.75, 3.05) is 18.0 Å². The highest BCUT2D eigenvalue weighted by Gasteiger charge is 2.34. The molecule has 0 saturated carbocycles. The summed E-state index contributed by atoms with van der Waals surface area (Å²) in [5, 5.41) is 2.47. The maximum Gasteiger partial charge on any atom is 0.416 e. The summed E-state index contributed by atoms with van der Waals surface area (Å²) in [6.45, 7) is 0.240. The number of nitrogens with zero attached hydrogens (tertiary/aromatic N) is 3. The largest absolute Gasteiger partial charge is 0.418 e. The molecule has 0 unspecified atom stereocenters. The number of amides is 3. The van der Waals surface area contributed by atoms with E-state index in [9.17, 15) is 31.5 Å². The zero-order chi connectivity index (χ0) is 24.5. The number of nitrogens with one attached hydrogen (secondary N) is 1. The molecule has 0 aliphatic carbocycles. The Labute approximate surface area is 189 Å². The van der Waals surface area contributed by atoms with Crippen molar-refractivity contribution in [1.29, 1.82) is 0 Å². The molecule has 0 spiro atoms. The van der Waals surface area contributed by atoms with Crippen LogP contribution in [0.25, 0.3) is 0 Å². The number of rotatable bonds is 6. The average Bonchev–Trinajstić information content (AvgIpc) is 3.41. The molecule has 2 heterocycles. The third-order valence-electron chi connectivity index (χ3n) is 5.11. The first-order valence-corrected chi connectivity index (χ1v) is 10.0. The maximum absolute atomic E-state index is 13.3. The van der Waals surface area contributed by atoms with E-state index < -0.39 is 35.3 Å². The van der Waals surface area contributed by atoms with Gasteiger partial charge in [-0.3, -0.25) is 4.79 Å². The minimum Gasteiger partial charge on any atom is -0.418 e. The van der Waals surface area contributed by atoms with Crippen molar-refractivity contribution >= 4 is 18.0 Å². The third-order valence-corrected chi connectivity index (χ3v) is 5.11. The topological polar surface area (TPSA) is 78.7 Å². The highest BCUT2D eigenvalue weighted by atomic mass is 19.4. The lowest BCUT2D eigenvalue weighted by Crippen LogP contribution is -2.31. The second kappa shape index (κ2) is 9.12. The number of halogens is 5. The van der Waals surface area contributed by atoms with Gasteiger partial charge >= 0.3 is 18.2 Å². The van der Waals surface area contributed by atoms with Gasteiger partial charge in [0.1, 0.15) is 0 Å². The van der Waals surface area contributed by atoms with Crippen LogP contribution < -0.4 is 10.2 Å². The molecule has 178 valence electrons. The molecule has 0 radical (unpaired) electrons. The SMILES string of the molecule is O=C(NCc1ccc(F)c(F)c1)c1cnc(N2CCN(Cc3cccc(C(F)(F)F)c3)C2=O)o1. The zero-order valence-electron chi connectivity index (χ0n) is 17.4. The second-order valence-electron chi connectivity index (χ2n) is 7.49. The van der Waals surface area contributed by atoms with Crippen LogP contribution in [0.1, 0.15) is 27.2 Å².